The number of hydrogen-bond acceptors (Lipinski definition) is 8. The van der Waals surface area contributed by atoms with Crippen LogP contribution in [-0.4, -0.2) is 90.1 Å². The number of H-pyrrole nitrogens is 1. The summed E-state index contributed by atoms with van der Waals surface area (Å²) in [4.78, 5) is 34.0. The summed E-state index contributed by atoms with van der Waals surface area (Å²) in [6.07, 6.45) is 2.68. The standard InChI is InChI=1S/C27H35N9O/c1-19-10-13-36(24(37)8-11-28)18-23(19)34(3)26-22-9-12-29-25(22)31-27(32-26)30-20-4-6-21(7-5-20)35-16-14-33(2)15-17-35/h4-7,9,12,19,23H,8,10,13-18H2,1-3H3,(H2,29,30,31,32)/t19-,23?/m1/s1. The molecule has 0 spiro atoms. The highest BCUT2D eigenvalue weighted by atomic mass is 16.2. The number of carbonyl (C=O) groups is 1. The number of aromatic amines is 1. The van der Waals surface area contributed by atoms with Crippen molar-refractivity contribution in [1.29, 1.82) is 5.26 Å². The molecule has 2 N–H and O–H groups in total. The summed E-state index contributed by atoms with van der Waals surface area (Å²) in [7, 11) is 4.19. The van der Waals surface area contributed by atoms with E-state index in [1.54, 1.807) is 4.90 Å². The summed E-state index contributed by atoms with van der Waals surface area (Å²) in [5.41, 5.74) is 2.91. The van der Waals surface area contributed by atoms with Gasteiger partial charge in [-0.25, -0.2) is 0 Å². The molecule has 4 heterocycles. The van der Waals surface area contributed by atoms with Crippen molar-refractivity contribution >= 4 is 40.1 Å². The summed E-state index contributed by atoms with van der Waals surface area (Å²) in [5, 5.41) is 13.3. The second kappa shape index (κ2) is 10.6. The fraction of sp³-hybridized carbons (Fsp3) is 0.481. The van der Waals surface area contributed by atoms with Crippen molar-refractivity contribution in [3.8, 4) is 6.07 Å². The number of nitrogens with zero attached hydrogens (tertiary/aromatic N) is 7. The Bertz CT molecular complexity index is 1270. The van der Waals surface area contributed by atoms with E-state index in [0.29, 0.717) is 25.0 Å². The minimum atomic E-state index is -0.107. The number of benzene rings is 1. The number of amides is 1. The van der Waals surface area contributed by atoms with Crippen LogP contribution < -0.4 is 15.1 Å². The first-order chi connectivity index (χ1) is 17.9. The number of hydrogen-bond donors (Lipinski definition) is 2. The largest absolute Gasteiger partial charge is 0.369 e. The SMILES string of the molecule is C[C@@H]1CCN(C(=O)CC#N)CC1N(C)c1nc(Nc2ccc(N3CCN(C)CC3)cc2)nc2[nH]ccc12. The fourth-order valence-electron chi connectivity index (χ4n) is 5.32. The molecule has 2 aliphatic heterocycles. The number of likely N-dealkylation sites (N-methyl/N-ethyl adjacent to an activating group) is 2. The summed E-state index contributed by atoms with van der Waals surface area (Å²) in [5.74, 6) is 1.60. The lowest BCUT2D eigenvalue weighted by Gasteiger charge is -2.42. The summed E-state index contributed by atoms with van der Waals surface area (Å²) in [6.45, 7) is 7.68. The molecule has 37 heavy (non-hydrogen) atoms. The number of nitriles is 1. The van der Waals surface area contributed by atoms with Crippen molar-refractivity contribution < 1.29 is 4.79 Å². The van der Waals surface area contributed by atoms with Crippen LogP contribution in [0, 0.1) is 17.2 Å². The van der Waals surface area contributed by atoms with E-state index in [9.17, 15) is 4.79 Å². The predicted molar refractivity (Wildman–Crippen MR) is 146 cm³/mol. The van der Waals surface area contributed by atoms with Crippen molar-refractivity contribution in [2.45, 2.75) is 25.8 Å². The normalized spacial score (nSPS) is 20.6. The Kier molecular flexibility index (Phi) is 7.15. The molecule has 0 aliphatic carbocycles. The van der Waals surface area contributed by atoms with Gasteiger partial charge in [0.05, 0.1) is 17.5 Å². The lowest BCUT2D eigenvalue weighted by molar-refractivity contribution is -0.131. The molecular weight excluding hydrogens is 466 g/mol. The number of carbonyl (C=O) groups excluding carboxylic acids is 1. The minimum Gasteiger partial charge on any atom is -0.369 e. The number of rotatable bonds is 6. The third-order valence-electron chi connectivity index (χ3n) is 7.72. The molecule has 2 aromatic heterocycles. The van der Waals surface area contributed by atoms with Crippen LogP contribution in [-0.2, 0) is 4.79 Å². The van der Waals surface area contributed by atoms with Crippen LogP contribution in [0.3, 0.4) is 0 Å². The van der Waals surface area contributed by atoms with Crippen LogP contribution in [0.2, 0.25) is 0 Å². The molecule has 1 amide bonds. The van der Waals surface area contributed by atoms with Crippen LogP contribution in [0.25, 0.3) is 11.0 Å². The average molecular weight is 502 g/mol. The molecule has 2 aliphatic rings. The zero-order valence-electron chi connectivity index (χ0n) is 21.8. The predicted octanol–water partition coefficient (Wildman–Crippen LogP) is 3.04. The molecule has 2 fully saturated rings. The maximum absolute atomic E-state index is 12.4. The molecule has 1 aromatic carbocycles. The zero-order valence-corrected chi connectivity index (χ0v) is 21.8. The van der Waals surface area contributed by atoms with Crippen LogP contribution in [0.4, 0.5) is 23.1 Å². The Hall–Kier alpha value is -3.84. The van der Waals surface area contributed by atoms with Gasteiger partial charge in [0, 0.05) is 63.9 Å². The van der Waals surface area contributed by atoms with Crippen molar-refractivity contribution in [2.24, 2.45) is 5.92 Å². The van der Waals surface area contributed by atoms with Crippen molar-refractivity contribution in [3.63, 3.8) is 0 Å². The van der Waals surface area contributed by atoms with E-state index in [4.69, 9.17) is 15.2 Å². The molecule has 2 saturated heterocycles. The van der Waals surface area contributed by atoms with Gasteiger partial charge in [0.2, 0.25) is 11.9 Å². The lowest BCUT2D eigenvalue weighted by Crippen LogP contribution is -2.52. The van der Waals surface area contributed by atoms with Gasteiger partial charge >= 0.3 is 0 Å². The van der Waals surface area contributed by atoms with Crippen LogP contribution in [0.1, 0.15) is 19.8 Å². The third kappa shape index (κ3) is 5.32. The van der Waals surface area contributed by atoms with Crippen molar-refractivity contribution in [1.82, 2.24) is 24.8 Å². The second-order valence-electron chi connectivity index (χ2n) is 10.2. The number of nitrogens with one attached hydrogen (secondary N) is 2. The van der Waals surface area contributed by atoms with Gasteiger partial charge in [-0.1, -0.05) is 6.92 Å². The fourth-order valence-corrected chi connectivity index (χ4v) is 5.32. The number of likely N-dealkylation sites (tertiary alicyclic amines) is 1. The van der Waals surface area contributed by atoms with Crippen LogP contribution >= 0.6 is 0 Å². The summed E-state index contributed by atoms with van der Waals surface area (Å²) in [6, 6.07) is 12.5. The first-order valence-electron chi connectivity index (χ1n) is 13.0. The third-order valence-corrected chi connectivity index (χ3v) is 7.72. The van der Waals surface area contributed by atoms with E-state index < -0.39 is 0 Å². The average Bonchev–Trinajstić information content (AvgIpc) is 3.38. The lowest BCUT2D eigenvalue weighted by atomic mass is 9.92. The molecule has 5 rings (SSSR count). The van der Waals surface area contributed by atoms with Gasteiger partial charge < -0.3 is 29.9 Å². The zero-order chi connectivity index (χ0) is 25.9. The van der Waals surface area contributed by atoms with E-state index >= 15 is 0 Å². The molecule has 3 aromatic rings. The molecule has 10 nitrogen and oxygen atoms in total. The molecule has 1 unspecified atom stereocenters. The minimum absolute atomic E-state index is 0.0813. The van der Waals surface area contributed by atoms with Crippen molar-refractivity contribution in [3.05, 3.63) is 36.5 Å². The van der Waals surface area contributed by atoms with Crippen molar-refractivity contribution in [2.75, 3.05) is 68.5 Å². The number of piperazine rings is 1. The monoisotopic (exact) mass is 501 g/mol. The second-order valence-corrected chi connectivity index (χ2v) is 10.2. The highest BCUT2D eigenvalue weighted by Crippen LogP contribution is 2.31. The van der Waals surface area contributed by atoms with Crippen LogP contribution in [0.5, 0.6) is 0 Å². The number of aromatic nitrogens is 3. The number of piperidine rings is 1. The maximum atomic E-state index is 12.4. The Morgan fingerprint density at radius 3 is 2.65 bits per heavy atom. The van der Waals surface area contributed by atoms with E-state index in [-0.39, 0.29) is 18.4 Å². The van der Waals surface area contributed by atoms with Gasteiger partial charge in [0.25, 0.3) is 0 Å². The molecule has 194 valence electrons. The van der Waals surface area contributed by atoms with Gasteiger partial charge in [-0.3, -0.25) is 4.79 Å². The molecule has 10 heteroatoms. The van der Waals surface area contributed by atoms with Gasteiger partial charge in [0.1, 0.15) is 17.9 Å². The Morgan fingerprint density at radius 2 is 1.92 bits per heavy atom. The smallest absolute Gasteiger partial charge is 0.236 e. The topological polar surface area (TPSA) is 107 Å². The molecule has 0 radical (unpaired) electrons. The molecule has 2 atom stereocenters. The summed E-state index contributed by atoms with van der Waals surface area (Å²) < 4.78 is 0. The highest BCUT2D eigenvalue weighted by Gasteiger charge is 2.33. The van der Waals surface area contributed by atoms with Gasteiger partial charge in [-0.15, -0.1) is 0 Å². The van der Waals surface area contributed by atoms with E-state index in [0.717, 1.165) is 55.1 Å². The van der Waals surface area contributed by atoms with Gasteiger partial charge in [-0.05, 0) is 49.7 Å². The van der Waals surface area contributed by atoms with Gasteiger partial charge in [-0.2, -0.15) is 15.2 Å². The first kappa shape index (κ1) is 24.8. The first-order valence-corrected chi connectivity index (χ1v) is 13.0. The summed E-state index contributed by atoms with van der Waals surface area (Å²) >= 11 is 0. The van der Waals surface area contributed by atoms with E-state index in [1.165, 1.54) is 5.69 Å². The number of fused-ring (bicyclic) bond motifs is 1. The van der Waals surface area contributed by atoms with E-state index in [1.807, 2.05) is 25.4 Å². The highest BCUT2D eigenvalue weighted by molar-refractivity contribution is 5.89. The Balaban J connectivity index is 1.36. The number of anilines is 4. The quantitative estimate of drug-likeness (QED) is 0.531. The molecule has 0 bridgehead atoms. The maximum Gasteiger partial charge on any atom is 0.236 e. The van der Waals surface area contributed by atoms with Crippen LogP contribution in [0.15, 0.2) is 36.5 Å². The van der Waals surface area contributed by atoms with Gasteiger partial charge in [0.15, 0.2) is 0 Å². The van der Waals surface area contributed by atoms with E-state index in [2.05, 4.69) is 63.2 Å². The Morgan fingerprint density at radius 1 is 1.16 bits per heavy atom. The Labute approximate surface area is 217 Å². The molecule has 0 saturated carbocycles. The molecular formula is C27H35N9O.